The third-order valence-electron chi connectivity index (χ3n) is 4.01. The molecule has 1 aliphatic carbocycles. The van der Waals surface area contributed by atoms with Gasteiger partial charge in [-0.15, -0.1) is 0 Å². The molecule has 22 heavy (non-hydrogen) atoms. The summed E-state index contributed by atoms with van der Waals surface area (Å²) < 4.78 is 5.30. The zero-order valence-corrected chi connectivity index (χ0v) is 12.7. The van der Waals surface area contributed by atoms with E-state index >= 15 is 0 Å². The van der Waals surface area contributed by atoms with Crippen LogP contribution in [0.5, 0.6) is 0 Å². The van der Waals surface area contributed by atoms with Crippen molar-refractivity contribution in [2.24, 2.45) is 0 Å². The number of hydroxylamine groups is 2. The lowest BCUT2D eigenvalue weighted by atomic mass is 9.98. The van der Waals surface area contributed by atoms with Gasteiger partial charge in [0, 0.05) is 5.92 Å². The van der Waals surface area contributed by atoms with Crippen LogP contribution in [0.25, 0.3) is 11.1 Å². The molecule has 1 amide bonds. The SMILES string of the molecule is CC(C)N(O)C(=O)OCC1c2ccccc2-c2ccccc21. The zero-order valence-electron chi connectivity index (χ0n) is 12.7. The summed E-state index contributed by atoms with van der Waals surface area (Å²) in [5.74, 6) is 0.0110. The van der Waals surface area contributed by atoms with Crippen LogP contribution in [0.1, 0.15) is 30.9 Å². The lowest BCUT2D eigenvalue weighted by Gasteiger charge is -2.20. The van der Waals surface area contributed by atoms with Gasteiger partial charge in [-0.25, -0.2) is 4.79 Å². The summed E-state index contributed by atoms with van der Waals surface area (Å²) in [4.78, 5) is 11.8. The molecule has 0 bridgehead atoms. The van der Waals surface area contributed by atoms with E-state index in [0.717, 1.165) is 11.1 Å². The van der Waals surface area contributed by atoms with Gasteiger partial charge in [-0.1, -0.05) is 48.5 Å². The van der Waals surface area contributed by atoms with Crippen LogP contribution < -0.4 is 0 Å². The molecule has 1 aliphatic rings. The van der Waals surface area contributed by atoms with E-state index in [1.807, 2.05) is 24.3 Å². The normalized spacial score (nSPS) is 12.9. The van der Waals surface area contributed by atoms with Crippen LogP contribution in [0.2, 0.25) is 0 Å². The van der Waals surface area contributed by atoms with Crippen LogP contribution in [-0.2, 0) is 4.74 Å². The lowest BCUT2D eigenvalue weighted by molar-refractivity contribution is -0.0958. The maximum absolute atomic E-state index is 11.8. The van der Waals surface area contributed by atoms with Crippen molar-refractivity contribution in [3.8, 4) is 11.1 Å². The van der Waals surface area contributed by atoms with Crippen LogP contribution >= 0.6 is 0 Å². The van der Waals surface area contributed by atoms with Crippen LogP contribution in [0.3, 0.4) is 0 Å². The molecular formula is C18H19NO3. The van der Waals surface area contributed by atoms with Crippen molar-refractivity contribution < 1.29 is 14.7 Å². The topological polar surface area (TPSA) is 49.8 Å². The summed E-state index contributed by atoms with van der Waals surface area (Å²) in [5, 5.41) is 10.2. The van der Waals surface area contributed by atoms with Gasteiger partial charge in [-0.3, -0.25) is 5.21 Å². The monoisotopic (exact) mass is 297 g/mol. The Morgan fingerprint density at radius 1 is 1.09 bits per heavy atom. The van der Waals surface area contributed by atoms with Crippen LogP contribution in [0.4, 0.5) is 4.79 Å². The molecule has 0 heterocycles. The third kappa shape index (κ3) is 2.46. The standard InChI is InChI=1S/C18H19NO3/c1-12(2)19(21)18(20)22-11-17-15-9-5-3-7-13(15)14-8-4-6-10-16(14)17/h3-10,12,17,21H,11H2,1-2H3. The van der Waals surface area contributed by atoms with Gasteiger partial charge in [0.1, 0.15) is 6.61 Å². The molecule has 4 nitrogen and oxygen atoms in total. The Balaban J connectivity index is 1.84. The molecule has 114 valence electrons. The molecule has 0 unspecified atom stereocenters. The van der Waals surface area contributed by atoms with E-state index in [0.29, 0.717) is 5.06 Å². The third-order valence-corrected chi connectivity index (χ3v) is 4.01. The Hall–Kier alpha value is -2.33. The number of amides is 1. The maximum atomic E-state index is 11.8. The summed E-state index contributed by atoms with van der Waals surface area (Å²) in [6, 6.07) is 16.0. The number of carbonyl (C=O) groups excluding carboxylic acids is 1. The minimum Gasteiger partial charge on any atom is -0.447 e. The van der Waals surface area contributed by atoms with Gasteiger partial charge in [-0.2, -0.15) is 5.06 Å². The maximum Gasteiger partial charge on any atom is 0.434 e. The first-order valence-electron chi connectivity index (χ1n) is 7.42. The van der Waals surface area contributed by atoms with Gasteiger partial charge in [0.2, 0.25) is 0 Å². The summed E-state index contributed by atoms with van der Waals surface area (Å²) in [6.45, 7) is 3.67. The highest BCUT2D eigenvalue weighted by Crippen LogP contribution is 2.44. The van der Waals surface area contributed by atoms with Gasteiger partial charge in [-0.05, 0) is 36.1 Å². The Kier molecular flexibility index (Phi) is 3.86. The highest BCUT2D eigenvalue weighted by molar-refractivity contribution is 5.79. The second-order valence-electron chi connectivity index (χ2n) is 5.74. The highest BCUT2D eigenvalue weighted by atomic mass is 16.6. The minimum absolute atomic E-state index is 0.0110. The summed E-state index contributed by atoms with van der Waals surface area (Å²) in [5.41, 5.74) is 4.68. The summed E-state index contributed by atoms with van der Waals surface area (Å²) in [6.07, 6.45) is -0.711. The smallest absolute Gasteiger partial charge is 0.434 e. The van der Waals surface area contributed by atoms with E-state index < -0.39 is 6.09 Å². The van der Waals surface area contributed by atoms with Crippen molar-refractivity contribution in [1.82, 2.24) is 5.06 Å². The predicted molar refractivity (Wildman–Crippen MR) is 83.8 cm³/mol. The fourth-order valence-electron chi connectivity index (χ4n) is 2.87. The number of carbonyl (C=O) groups is 1. The Morgan fingerprint density at radius 3 is 2.09 bits per heavy atom. The second-order valence-corrected chi connectivity index (χ2v) is 5.74. The molecule has 0 saturated carbocycles. The molecule has 3 rings (SSSR count). The molecular weight excluding hydrogens is 278 g/mol. The van der Waals surface area contributed by atoms with E-state index in [4.69, 9.17) is 4.74 Å². The number of benzene rings is 2. The number of hydrogen-bond donors (Lipinski definition) is 1. The number of nitrogens with zero attached hydrogens (tertiary/aromatic N) is 1. The molecule has 2 aromatic rings. The van der Waals surface area contributed by atoms with Gasteiger partial charge in [0.15, 0.2) is 0 Å². The number of rotatable bonds is 3. The van der Waals surface area contributed by atoms with Crippen LogP contribution in [0, 0.1) is 0 Å². The minimum atomic E-state index is -0.711. The van der Waals surface area contributed by atoms with Crippen molar-refractivity contribution in [1.29, 1.82) is 0 Å². The van der Waals surface area contributed by atoms with Gasteiger partial charge < -0.3 is 4.74 Å². The summed E-state index contributed by atoms with van der Waals surface area (Å²) >= 11 is 0. The highest BCUT2D eigenvalue weighted by Gasteiger charge is 2.29. The van der Waals surface area contributed by atoms with Crippen molar-refractivity contribution in [3.63, 3.8) is 0 Å². The van der Waals surface area contributed by atoms with E-state index in [1.54, 1.807) is 13.8 Å². The Morgan fingerprint density at radius 2 is 1.59 bits per heavy atom. The summed E-state index contributed by atoms with van der Waals surface area (Å²) in [7, 11) is 0. The molecule has 1 N–H and O–H groups in total. The number of hydrogen-bond acceptors (Lipinski definition) is 3. The first-order valence-corrected chi connectivity index (χ1v) is 7.42. The van der Waals surface area contributed by atoms with Crippen molar-refractivity contribution in [3.05, 3.63) is 59.7 Å². The average molecular weight is 297 g/mol. The molecule has 0 aliphatic heterocycles. The molecule has 2 aromatic carbocycles. The Labute approximate surface area is 129 Å². The van der Waals surface area contributed by atoms with Crippen LogP contribution in [-0.4, -0.2) is 29.0 Å². The van der Waals surface area contributed by atoms with Gasteiger partial charge in [0.05, 0.1) is 6.04 Å². The Bertz CT molecular complexity index is 651. The van der Waals surface area contributed by atoms with Crippen molar-refractivity contribution >= 4 is 6.09 Å². The number of fused-ring (bicyclic) bond motifs is 3. The molecule has 0 atom stereocenters. The predicted octanol–water partition coefficient (Wildman–Crippen LogP) is 4.04. The molecule has 0 aromatic heterocycles. The van der Waals surface area contributed by atoms with Crippen molar-refractivity contribution in [2.75, 3.05) is 6.61 Å². The lowest BCUT2D eigenvalue weighted by Crippen LogP contribution is -2.34. The fraction of sp³-hybridized carbons (Fsp3) is 0.278. The van der Waals surface area contributed by atoms with E-state index in [-0.39, 0.29) is 18.6 Å². The molecule has 4 heteroatoms. The van der Waals surface area contributed by atoms with Crippen LogP contribution in [0.15, 0.2) is 48.5 Å². The largest absolute Gasteiger partial charge is 0.447 e. The first kappa shape index (κ1) is 14.6. The second kappa shape index (κ2) is 5.81. The van der Waals surface area contributed by atoms with E-state index in [1.165, 1.54) is 11.1 Å². The first-order chi connectivity index (χ1) is 10.6. The molecule has 0 spiro atoms. The van der Waals surface area contributed by atoms with E-state index in [2.05, 4.69) is 24.3 Å². The number of ether oxygens (including phenoxy) is 1. The van der Waals surface area contributed by atoms with Gasteiger partial charge in [0.25, 0.3) is 0 Å². The van der Waals surface area contributed by atoms with Crippen molar-refractivity contribution in [2.45, 2.75) is 25.8 Å². The zero-order chi connectivity index (χ0) is 15.7. The molecule has 0 saturated heterocycles. The molecule has 0 fully saturated rings. The van der Waals surface area contributed by atoms with Gasteiger partial charge >= 0.3 is 6.09 Å². The molecule has 0 radical (unpaired) electrons. The average Bonchev–Trinajstić information content (AvgIpc) is 2.86. The fourth-order valence-corrected chi connectivity index (χ4v) is 2.87. The van der Waals surface area contributed by atoms with E-state index in [9.17, 15) is 10.0 Å². The quantitative estimate of drug-likeness (QED) is 0.687.